The van der Waals surface area contributed by atoms with E-state index in [1.54, 1.807) is 0 Å². The molecule has 0 aliphatic heterocycles. The van der Waals surface area contributed by atoms with Gasteiger partial charge in [0, 0.05) is 25.7 Å². The van der Waals surface area contributed by atoms with Crippen LogP contribution in [-0.4, -0.2) is 96.7 Å². The molecule has 5 atom stereocenters. The third-order valence-electron chi connectivity index (χ3n) is 17.4. The molecule has 0 saturated carbocycles. The summed E-state index contributed by atoms with van der Waals surface area (Å²) in [6.07, 6.45) is 101. The van der Waals surface area contributed by atoms with E-state index < -0.39 is 97.5 Å². The second-order valence-corrected chi connectivity index (χ2v) is 30.9. The van der Waals surface area contributed by atoms with Crippen molar-refractivity contribution in [3.63, 3.8) is 0 Å². The van der Waals surface area contributed by atoms with E-state index in [0.717, 1.165) is 218 Å². The molecule has 0 spiro atoms. The first-order valence-corrected chi connectivity index (χ1v) is 46.0. The van der Waals surface area contributed by atoms with Gasteiger partial charge in [-0.1, -0.05) is 313 Å². The van der Waals surface area contributed by atoms with Gasteiger partial charge in [0.2, 0.25) is 0 Å². The highest BCUT2D eigenvalue weighted by Crippen LogP contribution is 2.45. The second-order valence-electron chi connectivity index (χ2n) is 28.0. The largest absolute Gasteiger partial charge is 0.472 e. The van der Waals surface area contributed by atoms with Crippen LogP contribution >= 0.6 is 15.6 Å². The van der Waals surface area contributed by atoms with Crippen LogP contribution in [0.25, 0.3) is 0 Å². The number of unbranched alkanes of at least 4 members (excludes halogenated alkanes) is 23. The third-order valence-corrected chi connectivity index (χ3v) is 19.3. The predicted molar refractivity (Wildman–Crippen MR) is 463 cm³/mol. The quantitative estimate of drug-likeness (QED) is 0.0169. The van der Waals surface area contributed by atoms with Gasteiger partial charge in [-0.15, -0.1) is 0 Å². The average molecular weight is 1600 g/mol. The van der Waals surface area contributed by atoms with Crippen molar-refractivity contribution < 1.29 is 80.2 Å². The number of carbonyl (C=O) groups is 4. The van der Waals surface area contributed by atoms with Gasteiger partial charge in [-0.25, -0.2) is 9.13 Å². The molecular formula is C93H152O17P2. The maximum atomic E-state index is 13.2. The minimum atomic E-state index is -5.01. The highest BCUT2D eigenvalue weighted by atomic mass is 31.2. The van der Waals surface area contributed by atoms with Crippen molar-refractivity contribution in [1.82, 2.24) is 0 Å². The maximum Gasteiger partial charge on any atom is 0.472 e. The molecule has 112 heavy (non-hydrogen) atoms. The monoisotopic (exact) mass is 1600 g/mol. The van der Waals surface area contributed by atoms with Gasteiger partial charge >= 0.3 is 39.5 Å². The first-order valence-electron chi connectivity index (χ1n) is 43.0. The van der Waals surface area contributed by atoms with Gasteiger partial charge in [0.15, 0.2) is 12.2 Å². The van der Waals surface area contributed by atoms with Crippen molar-refractivity contribution in [2.45, 2.75) is 341 Å². The van der Waals surface area contributed by atoms with E-state index in [1.165, 1.54) is 19.3 Å². The fourth-order valence-electron chi connectivity index (χ4n) is 10.9. The van der Waals surface area contributed by atoms with Gasteiger partial charge in [-0.2, -0.15) is 0 Å². The van der Waals surface area contributed by atoms with Crippen molar-refractivity contribution in [3.05, 3.63) is 182 Å². The molecule has 5 unspecified atom stereocenters. The Labute approximate surface area is 679 Å². The van der Waals surface area contributed by atoms with E-state index in [1.807, 2.05) is 18.2 Å². The standard InChI is InChI=1S/C93H152O17P2/c1-5-9-13-17-21-25-29-33-37-41-43-47-50-54-58-62-66-70-74-78-91(96)104-84-89(110-93(98)80-76-72-68-64-60-56-52-48-44-42-38-34-30-26-22-18-14-10-6-2)86-108-112(101,102)106-82-87(94)81-105-111(99,100)107-85-88(109-92(97)79-75-71-67-63-59-55-51-46-40-36-32-28-24-20-16-12-8-4)83-103-90(95)77-73-69-65-61-57-53-49-45-39-35-31-27-23-19-15-11-7-3/h9,11-13,15-16,21-28,33-40,43-44,47-48,54,58,66,70,87-89,94H,5-8,10,14,17-20,29-32,41-42,45-46,49-53,55-57,59-65,67-69,71-86H2,1-4H3,(H,99,100)(H,101,102)/b13-9-,15-11-,16-12-,25-21-,26-22-,27-23-,28-24-,37-33-,38-34-,39-35-,40-36-,47-43-,48-44-,58-54-,70-66-. The molecule has 0 heterocycles. The van der Waals surface area contributed by atoms with Gasteiger partial charge in [0.1, 0.15) is 19.3 Å². The van der Waals surface area contributed by atoms with E-state index in [4.69, 9.17) is 37.0 Å². The second kappa shape index (κ2) is 83.1. The highest BCUT2D eigenvalue weighted by molar-refractivity contribution is 7.47. The minimum absolute atomic E-state index is 0.0270. The number of carbonyl (C=O) groups excluding carboxylic acids is 4. The van der Waals surface area contributed by atoms with E-state index in [2.05, 4.69) is 192 Å². The molecule has 0 aliphatic carbocycles. The molecule has 0 aromatic heterocycles. The molecule has 0 fully saturated rings. The molecule has 0 radical (unpaired) electrons. The summed E-state index contributed by atoms with van der Waals surface area (Å²) < 4.78 is 68.8. The van der Waals surface area contributed by atoms with Crippen LogP contribution in [0.2, 0.25) is 0 Å². The van der Waals surface area contributed by atoms with Crippen molar-refractivity contribution in [3.8, 4) is 0 Å². The molecule has 0 saturated heterocycles. The zero-order valence-corrected chi connectivity index (χ0v) is 71.6. The molecule has 0 aromatic carbocycles. The minimum Gasteiger partial charge on any atom is -0.462 e. The van der Waals surface area contributed by atoms with Crippen molar-refractivity contribution >= 4 is 39.5 Å². The van der Waals surface area contributed by atoms with Crippen molar-refractivity contribution in [1.29, 1.82) is 0 Å². The number of rotatable bonds is 79. The normalized spacial score (nSPS) is 14.7. The lowest BCUT2D eigenvalue weighted by molar-refractivity contribution is -0.161. The zero-order chi connectivity index (χ0) is 81.7. The molecule has 3 N–H and O–H groups in total. The zero-order valence-electron chi connectivity index (χ0n) is 69.8. The predicted octanol–water partition coefficient (Wildman–Crippen LogP) is 25.9. The van der Waals surface area contributed by atoms with Gasteiger partial charge < -0.3 is 33.8 Å². The Bertz CT molecular complexity index is 2840. The van der Waals surface area contributed by atoms with Crippen LogP contribution < -0.4 is 0 Å². The van der Waals surface area contributed by atoms with Crippen LogP contribution in [-0.2, 0) is 65.4 Å². The maximum absolute atomic E-state index is 13.2. The number of aliphatic hydroxyl groups excluding tert-OH is 1. The summed E-state index contributed by atoms with van der Waals surface area (Å²) in [6, 6.07) is 0. The number of aliphatic hydroxyl groups is 1. The molecule has 19 heteroatoms. The highest BCUT2D eigenvalue weighted by Gasteiger charge is 2.30. The number of phosphoric ester groups is 2. The van der Waals surface area contributed by atoms with Crippen LogP contribution in [0.4, 0.5) is 0 Å². The number of ether oxygens (including phenoxy) is 4. The Kier molecular flexibility index (Phi) is 78.8. The fraction of sp³-hybridized carbons (Fsp3) is 0.634. The summed E-state index contributed by atoms with van der Waals surface area (Å²) in [7, 11) is -10.0. The molecule has 0 amide bonds. The number of esters is 4. The Morgan fingerprint density at radius 1 is 0.259 bits per heavy atom. The van der Waals surface area contributed by atoms with Crippen LogP contribution in [0, 0.1) is 0 Å². The lowest BCUT2D eigenvalue weighted by Gasteiger charge is -2.21. The van der Waals surface area contributed by atoms with E-state index in [-0.39, 0.29) is 25.7 Å². The molecule has 0 aromatic rings. The number of hydrogen-bond acceptors (Lipinski definition) is 15. The number of hydrogen-bond donors (Lipinski definition) is 3. The molecule has 0 aliphatic rings. The Balaban J connectivity index is 5.49. The SMILES string of the molecule is CC/C=C\C/C=C\C/C=C\C/C=C\C/C=C\C/C=C\CCC(=O)OCC(COP(=O)(O)OCC(O)COP(=O)(O)OCC(COC(=O)CCCCCCCCC/C=C\C/C=C\C/C=C\CC)OC(=O)CCCCCCCCC/C=C\C/C=C\C/C=C\CC)OC(=O)CCCCCCCC/C=C\C/C=C\C/C=C\CCCCC. The summed E-state index contributed by atoms with van der Waals surface area (Å²) in [5.41, 5.74) is 0. The summed E-state index contributed by atoms with van der Waals surface area (Å²) in [5, 5.41) is 10.7. The fourth-order valence-corrected chi connectivity index (χ4v) is 12.5. The summed E-state index contributed by atoms with van der Waals surface area (Å²) >= 11 is 0. The molecule has 17 nitrogen and oxygen atoms in total. The van der Waals surface area contributed by atoms with Crippen molar-refractivity contribution in [2.24, 2.45) is 0 Å². The first-order chi connectivity index (χ1) is 54.7. The van der Waals surface area contributed by atoms with E-state index in [9.17, 15) is 43.2 Å². The van der Waals surface area contributed by atoms with Gasteiger partial charge in [0.25, 0.3) is 0 Å². The molecule has 0 rings (SSSR count). The summed E-state index contributed by atoms with van der Waals surface area (Å²) in [5.74, 6) is -2.31. The van der Waals surface area contributed by atoms with Crippen LogP contribution in [0.1, 0.15) is 323 Å². The summed E-state index contributed by atoms with van der Waals surface area (Å²) in [6.45, 7) is 4.41. The van der Waals surface area contributed by atoms with Crippen molar-refractivity contribution in [2.75, 3.05) is 39.6 Å². The van der Waals surface area contributed by atoms with Crippen LogP contribution in [0.3, 0.4) is 0 Å². The van der Waals surface area contributed by atoms with Gasteiger partial charge in [0.05, 0.1) is 26.4 Å². The smallest absolute Gasteiger partial charge is 0.462 e. The van der Waals surface area contributed by atoms with Crippen LogP contribution in [0.15, 0.2) is 182 Å². The van der Waals surface area contributed by atoms with Gasteiger partial charge in [-0.3, -0.25) is 37.3 Å². The lowest BCUT2D eigenvalue weighted by atomic mass is 10.1. The summed E-state index contributed by atoms with van der Waals surface area (Å²) in [4.78, 5) is 73.3. The average Bonchev–Trinajstić information content (AvgIpc) is 0.898. The molecule has 636 valence electrons. The number of allylic oxidation sites excluding steroid dienone is 30. The Morgan fingerprint density at radius 2 is 0.482 bits per heavy atom. The third kappa shape index (κ3) is 82.2. The number of phosphoric acid groups is 2. The van der Waals surface area contributed by atoms with Crippen LogP contribution in [0.5, 0.6) is 0 Å². The Morgan fingerprint density at radius 3 is 0.768 bits per heavy atom. The topological polar surface area (TPSA) is 237 Å². The molecular weight excluding hydrogens is 1450 g/mol. The molecule has 0 bridgehead atoms. The van der Waals surface area contributed by atoms with E-state index >= 15 is 0 Å². The van der Waals surface area contributed by atoms with E-state index in [0.29, 0.717) is 32.1 Å². The lowest BCUT2D eigenvalue weighted by Crippen LogP contribution is -2.30. The van der Waals surface area contributed by atoms with Gasteiger partial charge in [-0.05, 0) is 167 Å². The Hall–Kier alpha value is -5.84. The first kappa shape index (κ1) is 106.